The van der Waals surface area contributed by atoms with E-state index in [-0.39, 0.29) is 0 Å². The molecule has 4 heteroatoms. The zero-order chi connectivity index (χ0) is 12.6. The molecule has 1 saturated heterocycles. The van der Waals surface area contributed by atoms with Crippen molar-refractivity contribution in [3.63, 3.8) is 0 Å². The first kappa shape index (κ1) is 13.6. The lowest BCUT2D eigenvalue weighted by Crippen LogP contribution is -2.09. The molecule has 18 heavy (non-hydrogen) atoms. The minimum absolute atomic E-state index is 0.807. The van der Waals surface area contributed by atoms with Crippen LogP contribution in [0.5, 0.6) is 0 Å². The number of benzene rings is 1. The van der Waals surface area contributed by atoms with Crippen LogP contribution in [0, 0.1) is 0 Å². The largest absolute Gasteiger partial charge is 0.385 e. The maximum absolute atomic E-state index is 5.48. The smallest absolute Gasteiger partial charge is 0.0490 e. The summed E-state index contributed by atoms with van der Waals surface area (Å²) < 4.78 is 2.39. The number of nitrogens with zero attached hydrogens (tertiary/aromatic N) is 1. The fourth-order valence-corrected chi connectivity index (χ4v) is 3.10. The number of unbranched alkanes of at least 4 members (excludes halogenated alkanes) is 2. The lowest BCUT2D eigenvalue weighted by Gasteiger charge is -2.17. The Kier molecular flexibility index (Phi) is 5.68. The van der Waals surface area contributed by atoms with Gasteiger partial charge in [0.2, 0.25) is 0 Å². The molecule has 3 N–H and O–H groups in total. The highest BCUT2D eigenvalue weighted by Gasteiger charge is 2.13. The summed E-state index contributed by atoms with van der Waals surface area (Å²) in [6.07, 6.45) is 4.83. The van der Waals surface area contributed by atoms with Crippen LogP contribution in [-0.4, -0.2) is 25.4 Å². The normalized spacial score (nSPS) is 15.1. The Morgan fingerprint density at radius 2 is 2.22 bits per heavy atom. The van der Waals surface area contributed by atoms with Gasteiger partial charge >= 0.3 is 0 Å². The molecule has 2 rings (SSSR count). The topological polar surface area (TPSA) is 41.3 Å². The third-order valence-electron chi connectivity index (χ3n) is 3.10. The first-order chi connectivity index (χ1) is 8.90. The van der Waals surface area contributed by atoms with Crippen LogP contribution in [0.15, 0.2) is 24.3 Å². The molecule has 1 heterocycles. The molecule has 0 radical (unpaired) electrons. The molecule has 0 aliphatic carbocycles. The molecule has 100 valence electrons. The highest BCUT2D eigenvalue weighted by molar-refractivity contribution is 8.00. The number of nitrogens with one attached hydrogen (secondary N) is 1. The van der Waals surface area contributed by atoms with Crippen molar-refractivity contribution in [2.24, 2.45) is 5.73 Å². The van der Waals surface area contributed by atoms with Crippen molar-refractivity contribution in [3.05, 3.63) is 24.3 Å². The van der Waals surface area contributed by atoms with E-state index in [1.807, 2.05) is 11.9 Å². The van der Waals surface area contributed by atoms with Gasteiger partial charge in [-0.25, -0.2) is 0 Å². The Balaban J connectivity index is 1.79. The minimum Gasteiger partial charge on any atom is -0.385 e. The molecule has 0 bridgehead atoms. The zero-order valence-electron chi connectivity index (χ0n) is 10.9. The van der Waals surface area contributed by atoms with Crippen molar-refractivity contribution in [1.82, 2.24) is 0 Å². The van der Waals surface area contributed by atoms with E-state index in [9.17, 15) is 0 Å². The summed E-state index contributed by atoms with van der Waals surface area (Å²) in [5, 5.41) is 3.49. The summed E-state index contributed by atoms with van der Waals surface area (Å²) in [6.45, 7) is 3.02. The molecule has 1 aliphatic heterocycles. The first-order valence-electron chi connectivity index (χ1n) is 6.84. The number of nitrogens with two attached hydrogens (primary N) is 1. The summed E-state index contributed by atoms with van der Waals surface area (Å²) in [6, 6.07) is 8.72. The van der Waals surface area contributed by atoms with E-state index >= 15 is 0 Å². The van der Waals surface area contributed by atoms with Crippen molar-refractivity contribution >= 4 is 23.3 Å². The van der Waals surface area contributed by atoms with Crippen molar-refractivity contribution in [3.8, 4) is 0 Å². The molecule has 1 fully saturated rings. The maximum Gasteiger partial charge on any atom is 0.0490 e. The molecule has 0 saturated carbocycles. The standard InChI is InChI=1S/C14H23N3S/c15-8-2-1-3-9-16-13-6-4-7-14(12-13)17-10-5-11-18-17/h4,6-7,12,16H,1-3,5,8-11,15H2. The molecule has 0 atom stereocenters. The van der Waals surface area contributed by atoms with Gasteiger partial charge in [0, 0.05) is 30.2 Å². The zero-order valence-corrected chi connectivity index (χ0v) is 11.7. The molecule has 1 aromatic carbocycles. The second-order valence-electron chi connectivity index (χ2n) is 4.62. The Labute approximate surface area is 114 Å². The third-order valence-corrected chi connectivity index (χ3v) is 4.27. The third kappa shape index (κ3) is 4.10. The van der Waals surface area contributed by atoms with Crippen molar-refractivity contribution in [2.75, 3.05) is 35.0 Å². The first-order valence-corrected chi connectivity index (χ1v) is 7.79. The molecule has 1 aliphatic rings. The summed E-state index contributed by atoms with van der Waals surface area (Å²) in [5.41, 5.74) is 8.04. The van der Waals surface area contributed by atoms with Crippen LogP contribution in [0.25, 0.3) is 0 Å². The van der Waals surface area contributed by atoms with E-state index < -0.39 is 0 Å². The lowest BCUT2D eigenvalue weighted by atomic mass is 10.2. The van der Waals surface area contributed by atoms with E-state index in [4.69, 9.17) is 5.73 Å². The van der Waals surface area contributed by atoms with Gasteiger partial charge in [0.15, 0.2) is 0 Å². The maximum atomic E-state index is 5.48. The summed E-state index contributed by atoms with van der Waals surface area (Å²) in [7, 11) is 0. The van der Waals surface area contributed by atoms with Gasteiger partial charge in [0.05, 0.1) is 0 Å². The van der Waals surface area contributed by atoms with E-state index in [0.717, 1.165) is 19.5 Å². The van der Waals surface area contributed by atoms with E-state index in [1.54, 1.807) is 0 Å². The second-order valence-corrected chi connectivity index (χ2v) is 5.72. The van der Waals surface area contributed by atoms with Crippen molar-refractivity contribution < 1.29 is 0 Å². The number of anilines is 2. The van der Waals surface area contributed by atoms with Crippen molar-refractivity contribution in [1.29, 1.82) is 0 Å². The van der Waals surface area contributed by atoms with Gasteiger partial charge in [-0.05, 0) is 56.0 Å². The summed E-state index contributed by atoms with van der Waals surface area (Å²) >= 11 is 1.93. The molecule has 0 amide bonds. The van der Waals surface area contributed by atoms with Gasteiger partial charge in [-0.3, -0.25) is 0 Å². The molecular formula is C14H23N3S. The summed E-state index contributed by atoms with van der Waals surface area (Å²) in [5.74, 6) is 1.25. The fraction of sp³-hybridized carbons (Fsp3) is 0.571. The van der Waals surface area contributed by atoms with Gasteiger partial charge in [0.25, 0.3) is 0 Å². The van der Waals surface area contributed by atoms with Crippen LogP contribution >= 0.6 is 11.9 Å². The number of rotatable bonds is 7. The van der Waals surface area contributed by atoms with Crippen LogP contribution in [-0.2, 0) is 0 Å². The van der Waals surface area contributed by atoms with Crippen molar-refractivity contribution in [2.45, 2.75) is 25.7 Å². The SMILES string of the molecule is NCCCCCNc1cccc(N2CCCS2)c1. The number of hydrogen-bond donors (Lipinski definition) is 2. The van der Waals surface area contributed by atoms with Gasteiger partial charge in [-0.1, -0.05) is 12.5 Å². The second kappa shape index (κ2) is 7.54. The fourth-order valence-electron chi connectivity index (χ4n) is 2.10. The number of hydrogen-bond acceptors (Lipinski definition) is 4. The molecular weight excluding hydrogens is 242 g/mol. The average Bonchev–Trinajstić information content (AvgIpc) is 2.93. The van der Waals surface area contributed by atoms with Crippen LogP contribution in [0.1, 0.15) is 25.7 Å². The van der Waals surface area contributed by atoms with E-state index in [1.165, 1.54) is 42.9 Å². The predicted octanol–water partition coefficient (Wildman–Crippen LogP) is 3.09. The minimum atomic E-state index is 0.807. The molecule has 0 spiro atoms. The van der Waals surface area contributed by atoms with Crippen LogP contribution < -0.4 is 15.4 Å². The lowest BCUT2D eigenvalue weighted by molar-refractivity contribution is 0.707. The molecule has 0 aromatic heterocycles. The average molecular weight is 265 g/mol. The summed E-state index contributed by atoms with van der Waals surface area (Å²) in [4.78, 5) is 0. The Morgan fingerprint density at radius 1 is 1.28 bits per heavy atom. The Hall–Kier alpha value is -0.870. The van der Waals surface area contributed by atoms with E-state index in [2.05, 4.69) is 33.9 Å². The van der Waals surface area contributed by atoms with E-state index in [0.29, 0.717) is 0 Å². The molecule has 3 nitrogen and oxygen atoms in total. The molecule has 0 unspecified atom stereocenters. The quantitative estimate of drug-likeness (QED) is 0.587. The highest BCUT2D eigenvalue weighted by atomic mass is 32.2. The highest BCUT2D eigenvalue weighted by Crippen LogP contribution is 2.29. The monoisotopic (exact) mass is 265 g/mol. The van der Waals surface area contributed by atoms with Crippen LogP contribution in [0.3, 0.4) is 0 Å². The van der Waals surface area contributed by atoms with Crippen LogP contribution in [0.4, 0.5) is 11.4 Å². The van der Waals surface area contributed by atoms with Gasteiger partial charge in [-0.2, -0.15) is 0 Å². The predicted molar refractivity (Wildman–Crippen MR) is 82.3 cm³/mol. The van der Waals surface area contributed by atoms with Crippen LogP contribution in [0.2, 0.25) is 0 Å². The Morgan fingerprint density at radius 3 is 3.00 bits per heavy atom. The van der Waals surface area contributed by atoms with Gasteiger partial charge in [-0.15, -0.1) is 0 Å². The van der Waals surface area contributed by atoms with Gasteiger partial charge < -0.3 is 15.4 Å². The molecule has 1 aromatic rings. The van der Waals surface area contributed by atoms with Gasteiger partial charge in [0.1, 0.15) is 0 Å². The Bertz CT molecular complexity index is 351.